The molecule has 0 aromatic heterocycles. The van der Waals surface area contributed by atoms with Crippen molar-refractivity contribution in [1.29, 1.82) is 0 Å². The molecule has 0 spiro atoms. The molecule has 1 saturated carbocycles. The number of carbonyl (C=O) groups is 2. The fourth-order valence-corrected chi connectivity index (χ4v) is 3.49. The number of hydrogen-bond acceptors (Lipinski definition) is 4. The molecule has 0 aromatic carbocycles. The molecule has 5 nitrogen and oxygen atoms in total. The van der Waals surface area contributed by atoms with Crippen molar-refractivity contribution in [3.63, 3.8) is 0 Å². The molecule has 0 amide bonds. The fraction of sp³-hybridized carbons (Fsp3) is 0.714. The normalized spacial score (nSPS) is 40.3. The van der Waals surface area contributed by atoms with Crippen LogP contribution in [0.4, 0.5) is 0 Å². The monoisotopic (exact) mass is 266 g/mol. The maximum absolute atomic E-state index is 12.2. The van der Waals surface area contributed by atoms with Gasteiger partial charge in [-0.25, -0.2) is 0 Å². The van der Waals surface area contributed by atoms with E-state index >= 15 is 0 Å². The van der Waals surface area contributed by atoms with Crippen molar-refractivity contribution < 1.29 is 24.2 Å². The van der Waals surface area contributed by atoms with E-state index in [-0.39, 0.29) is 11.8 Å². The average Bonchev–Trinajstić information content (AvgIpc) is 2.99. The van der Waals surface area contributed by atoms with Gasteiger partial charge in [-0.2, -0.15) is 0 Å². The van der Waals surface area contributed by atoms with E-state index in [1.54, 1.807) is 0 Å². The van der Waals surface area contributed by atoms with Crippen molar-refractivity contribution in [2.24, 2.45) is 23.7 Å². The van der Waals surface area contributed by atoms with E-state index in [2.05, 4.69) is 0 Å². The third kappa shape index (κ3) is 2.27. The van der Waals surface area contributed by atoms with Gasteiger partial charge < -0.3 is 14.6 Å². The Morgan fingerprint density at radius 1 is 1.16 bits per heavy atom. The van der Waals surface area contributed by atoms with Gasteiger partial charge in [0.1, 0.15) is 0 Å². The molecular weight excluding hydrogens is 248 g/mol. The number of carbonyl (C=O) groups excluding carboxylic acids is 1. The van der Waals surface area contributed by atoms with Gasteiger partial charge in [0.25, 0.3) is 0 Å². The highest BCUT2D eigenvalue weighted by atomic mass is 16.7. The molecule has 0 aromatic rings. The zero-order chi connectivity index (χ0) is 13.4. The molecule has 19 heavy (non-hydrogen) atoms. The first-order valence-corrected chi connectivity index (χ1v) is 6.90. The Kier molecular flexibility index (Phi) is 3.31. The Hall–Kier alpha value is -1.36. The average molecular weight is 266 g/mol. The molecule has 3 rings (SSSR count). The summed E-state index contributed by atoms with van der Waals surface area (Å²) in [7, 11) is 0. The summed E-state index contributed by atoms with van der Waals surface area (Å²) >= 11 is 0. The zero-order valence-electron chi connectivity index (χ0n) is 10.7. The summed E-state index contributed by atoms with van der Waals surface area (Å²) in [5.41, 5.74) is 0. The first-order valence-electron chi connectivity index (χ1n) is 6.90. The molecule has 1 aliphatic heterocycles. The quantitative estimate of drug-likeness (QED) is 0.620. The second-order valence-electron chi connectivity index (χ2n) is 5.57. The molecule has 5 unspecified atom stereocenters. The summed E-state index contributed by atoms with van der Waals surface area (Å²) in [6, 6.07) is 0. The van der Waals surface area contributed by atoms with Crippen LogP contribution in [0.2, 0.25) is 0 Å². The molecular formula is C14H18O5. The van der Waals surface area contributed by atoms with E-state index in [4.69, 9.17) is 9.47 Å². The second-order valence-corrected chi connectivity index (χ2v) is 5.57. The van der Waals surface area contributed by atoms with Crippen LogP contribution in [0.25, 0.3) is 0 Å². The van der Waals surface area contributed by atoms with Crippen LogP contribution in [0.3, 0.4) is 0 Å². The van der Waals surface area contributed by atoms with Gasteiger partial charge in [0.15, 0.2) is 0 Å². The summed E-state index contributed by atoms with van der Waals surface area (Å²) in [5.74, 6) is -2.49. The highest BCUT2D eigenvalue weighted by Gasteiger charge is 2.52. The first kappa shape index (κ1) is 12.7. The lowest BCUT2D eigenvalue weighted by Gasteiger charge is -2.27. The maximum Gasteiger partial charge on any atom is 0.312 e. The lowest BCUT2D eigenvalue weighted by Crippen LogP contribution is -2.37. The zero-order valence-corrected chi connectivity index (χ0v) is 10.7. The van der Waals surface area contributed by atoms with Crippen LogP contribution in [-0.4, -0.2) is 29.9 Å². The van der Waals surface area contributed by atoms with Gasteiger partial charge in [-0.15, -0.1) is 0 Å². The topological polar surface area (TPSA) is 72.8 Å². The van der Waals surface area contributed by atoms with Gasteiger partial charge in [0.2, 0.25) is 6.29 Å². The van der Waals surface area contributed by atoms with Gasteiger partial charge >= 0.3 is 11.9 Å². The number of hydrogen-bond donors (Lipinski definition) is 1. The minimum absolute atomic E-state index is 0.0159. The van der Waals surface area contributed by atoms with Crippen molar-refractivity contribution in [2.75, 3.05) is 6.61 Å². The van der Waals surface area contributed by atoms with Crippen molar-refractivity contribution in [3.8, 4) is 0 Å². The van der Waals surface area contributed by atoms with Crippen LogP contribution < -0.4 is 0 Å². The Labute approximate surface area is 111 Å². The highest BCUT2D eigenvalue weighted by molar-refractivity contribution is 5.83. The van der Waals surface area contributed by atoms with Gasteiger partial charge in [-0.3, -0.25) is 9.59 Å². The smallest absolute Gasteiger partial charge is 0.312 e. The molecule has 2 bridgehead atoms. The number of carboxylic acids is 1. The summed E-state index contributed by atoms with van der Waals surface area (Å²) in [6.45, 7) is 0.608. The molecule has 1 heterocycles. The van der Waals surface area contributed by atoms with Crippen molar-refractivity contribution in [3.05, 3.63) is 12.2 Å². The lowest BCUT2D eigenvalue weighted by molar-refractivity contribution is -0.194. The molecule has 1 saturated heterocycles. The van der Waals surface area contributed by atoms with E-state index in [1.165, 1.54) is 0 Å². The summed E-state index contributed by atoms with van der Waals surface area (Å²) in [5, 5.41) is 9.29. The molecule has 5 atom stereocenters. The van der Waals surface area contributed by atoms with Crippen LogP contribution in [-0.2, 0) is 19.1 Å². The number of aliphatic carboxylic acids is 1. The number of ether oxygens (including phenoxy) is 2. The molecule has 104 valence electrons. The Bertz CT molecular complexity index is 410. The van der Waals surface area contributed by atoms with Crippen LogP contribution in [0.15, 0.2) is 12.2 Å². The van der Waals surface area contributed by atoms with Crippen LogP contribution in [0.1, 0.15) is 25.7 Å². The molecule has 5 heteroatoms. The van der Waals surface area contributed by atoms with Gasteiger partial charge in [0.05, 0.1) is 18.4 Å². The van der Waals surface area contributed by atoms with Crippen molar-refractivity contribution in [2.45, 2.75) is 32.0 Å². The number of fused-ring (bicyclic) bond motifs is 2. The largest absolute Gasteiger partial charge is 0.481 e. The molecule has 0 radical (unpaired) electrons. The molecule has 1 N–H and O–H groups in total. The highest BCUT2D eigenvalue weighted by Crippen LogP contribution is 2.48. The van der Waals surface area contributed by atoms with Crippen molar-refractivity contribution in [1.82, 2.24) is 0 Å². The Balaban J connectivity index is 1.68. The number of esters is 1. The molecule has 2 fully saturated rings. The standard InChI is InChI=1S/C14H18O5/c15-13(16)11-8-4-5-9(7-8)12(11)14(17)19-10-3-1-2-6-18-10/h4-5,8-12H,1-3,6-7H2,(H,15,16). The summed E-state index contributed by atoms with van der Waals surface area (Å²) in [4.78, 5) is 23.5. The van der Waals surface area contributed by atoms with E-state index in [0.717, 1.165) is 19.3 Å². The predicted molar refractivity (Wildman–Crippen MR) is 65.0 cm³/mol. The molecule has 3 aliphatic rings. The number of carboxylic acid groups (broad SMARTS) is 1. The Morgan fingerprint density at radius 3 is 2.53 bits per heavy atom. The molecule has 2 aliphatic carbocycles. The maximum atomic E-state index is 12.2. The lowest BCUT2D eigenvalue weighted by atomic mass is 9.83. The van der Waals surface area contributed by atoms with Gasteiger partial charge in [-0.05, 0) is 31.1 Å². The second kappa shape index (κ2) is 4.96. The van der Waals surface area contributed by atoms with Crippen molar-refractivity contribution >= 4 is 11.9 Å². The predicted octanol–water partition coefficient (Wildman–Crippen LogP) is 1.58. The fourth-order valence-electron chi connectivity index (χ4n) is 3.49. The van der Waals surface area contributed by atoms with Gasteiger partial charge in [0, 0.05) is 6.42 Å². The first-order chi connectivity index (χ1) is 9.16. The third-order valence-corrected chi connectivity index (χ3v) is 4.40. The summed E-state index contributed by atoms with van der Waals surface area (Å²) < 4.78 is 10.7. The van der Waals surface area contributed by atoms with Crippen LogP contribution >= 0.6 is 0 Å². The SMILES string of the molecule is O=C(O)C1C2C=CC(C2)C1C(=O)OC1CCCCO1. The third-order valence-electron chi connectivity index (χ3n) is 4.40. The van der Waals surface area contributed by atoms with E-state index in [9.17, 15) is 14.7 Å². The number of allylic oxidation sites excluding steroid dienone is 2. The minimum Gasteiger partial charge on any atom is -0.481 e. The minimum atomic E-state index is -0.900. The van der Waals surface area contributed by atoms with Crippen LogP contribution in [0.5, 0.6) is 0 Å². The summed E-state index contributed by atoms with van der Waals surface area (Å²) in [6.07, 6.45) is 6.82. The van der Waals surface area contributed by atoms with E-state index < -0.39 is 30.1 Å². The van der Waals surface area contributed by atoms with Gasteiger partial charge in [-0.1, -0.05) is 12.2 Å². The van der Waals surface area contributed by atoms with Crippen LogP contribution in [0, 0.1) is 23.7 Å². The number of rotatable bonds is 3. The Morgan fingerprint density at radius 2 is 1.89 bits per heavy atom. The van der Waals surface area contributed by atoms with E-state index in [0.29, 0.717) is 13.0 Å². The van der Waals surface area contributed by atoms with E-state index in [1.807, 2.05) is 12.2 Å².